The standard InChI is InChI=1S/C16H25NO/c1-12-7-8-16(9-12,11-17)18-10-15-13(2)5-4-6-14(15)3/h4-6,12H,7-11,17H2,1-3H3. The minimum absolute atomic E-state index is 0.0753. The minimum atomic E-state index is -0.0753. The minimum Gasteiger partial charge on any atom is -0.369 e. The zero-order chi connectivity index (χ0) is 13.2. The average molecular weight is 247 g/mol. The molecule has 0 aromatic heterocycles. The fraction of sp³-hybridized carbons (Fsp3) is 0.625. The van der Waals surface area contributed by atoms with Crippen molar-refractivity contribution in [1.82, 2.24) is 0 Å². The van der Waals surface area contributed by atoms with Crippen molar-refractivity contribution in [3.05, 3.63) is 34.9 Å². The SMILES string of the molecule is Cc1cccc(C)c1COC1(CN)CCC(C)C1. The van der Waals surface area contributed by atoms with Gasteiger partial charge in [-0.05, 0) is 55.7 Å². The fourth-order valence-electron chi connectivity index (χ4n) is 3.03. The van der Waals surface area contributed by atoms with Gasteiger partial charge in [-0.3, -0.25) is 0 Å². The first-order valence-electron chi connectivity index (χ1n) is 6.95. The zero-order valence-electron chi connectivity index (χ0n) is 11.8. The van der Waals surface area contributed by atoms with Crippen LogP contribution in [0.15, 0.2) is 18.2 Å². The van der Waals surface area contributed by atoms with E-state index in [-0.39, 0.29) is 5.60 Å². The van der Waals surface area contributed by atoms with Crippen molar-refractivity contribution in [3.8, 4) is 0 Å². The lowest BCUT2D eigenvalue weighted by Crippen LogP contribution is -2.38. The second-order valence-corrected chi connectivity index (χ2v) is 5.89. The second kappa shape index (κ2) is 5.41. The van der Waals surface area contributed by atoms with E-state index in [1.165, 1.54) is 23.1 Å². The van der Waals surface area contributed by atoms with Crippen LogP contribution in [0.3, 0.4) is 0 Å². The Balaban J connectivity index is 2.07. The average Bonchev–Trinajstić information content (AvgIpc) is 2.71. The van der Waals surface area contributed by atoms with Crippen LogP contribution < -0.4 is 5.73 Å². The Morgan fingerprint density at radius 2 is 2.00 bits per heavy atom. The molecule has 2 N–H and O–H groups in total. The lowest BCUT2D eigenvalue weighted by Gasteiger charge is -2.29. The molecular formula is C16H25NO. The molecule has 0 aliphatic heterocycles. The van der Waals surface area contributed by atoms with E-state index >= 15 is 0 Å². The second-order valence-electron chi connectivity index (χ2n) is 5.89. The molecule has 0 spiro atoms. The quantitative estimate of drug-likeness (QED) is 0.885. The maximum absolute atomic E-state index is 6.23. The third kappa shape index (κ3) is 2.76. The lowest BCUT2D eigenvalue weighted by atomic mass is 9.99. The molecule has 1 aliphatic carbocycles. The van der Waals surface area contributed by atoms with Gasteiger partial charge in [0.05, 0.1) is 12.2 Å². The molecular weight excluding hydrogens is 222 g/mol. The van der Waals surface area contributed by atoms with Crippen molar-refractivity contribution >= 4 is 0 Å². The van der Waals surface area contributed by atoms with E-state index in [4.69, 9.17) is 10.5 Å². The van der Waals surface area contributed by atoms with E-state index in [0.717, 1.165) is 18.8 Å². The smallest absolute Gasteiger partial charge is 0.0811 e. The van der Waals surface area contributed by atoms with E-state index < -0.39 is 0 Å². The van der Waals surface area contributed by atoms with Gasteiger partial charge in [0.15, 0.2) is 0 Å². The monoisotopic (exact) mass is 247 g/mol. The molecule has 0 heterocycles. The Morgan fingerprint density at radius 3 is 2.50 bits per heavy atom. The van der Waals surface area contributed by atoms with E-state index in [9.17, 15) is 0 Å². The molecule has 0 bridgehead atoms. The van der Waals surface area contributed by atoms with Gasteiger partial charge in [-0.2, -0.15) is 0 Å². The largest absolute Gasteiger partial charge is 0.369 e. The van der Waals surface area contributed by atoms with Crippen LogP contribution in [0.2, 0.25) is 0 Å². The molecule has 2 unspecified atom stereocenters. The van der Waals surface area contributed by atoms with Gasteiger partial charge in [0.1, 0.15) is 0 Å². The summed E-state index contributed by atoms with van der Waals surface area (Å²) in [4.78, 5) is 0. The van der Waals surface area contributed by atoms with Gasteiger partial charge in [0, 0.05) is 6.54 Å². The third-order valence-corrected chi connectivity index (χ3v) is 4.35. The summed E-state index contributed by atoms with van der Waals surface area (Å²) in [5, 5.41) is 0. The van der Waals surface area contributed by atoms with Crippen LogP contribution in [0.4, 0.5) is 0 Å². The molecule has 0 amide bonds. The summed E-state index contributed by atoms with van der Waals surface area (Å²) in [6.07, 6.45) is 3.45. The molecule has 1 aliphatic rings. The maximum atomic E-state index is 6.23. The van der Waals surface area contributed by atoms with Crippen molar-refractivity contribution in [3.63, 3.8) is 0 Å². The summed E-state index contributed by atoms with van der Waals surface area (Å²) >= 11 is 0. The molecule has 2 rings (SSSR count). The zero-order valence-corrected chi connectivity index (χ0v) is 11.8. The van der Waals surface area contributed by atoms with Crippen LogP contribution >= 0.6 is 0 Å². The van der Waals surface area contributed by atoms with E-state index in [1.807, 2.05) is 0 Å². The van der Waals surface area contributed by atoms with Gasteiger partial charge < -0.3 is 10.5 Å². The lowest BCUT2D eigenvalue weighted by molar-refractivity contribution is -0.0474. The van der Waals surface area contributed by atoms with Crippen LogP contribution in [0.5, 0.6) is 0 Å². The number of benzene rings is 1. The van der Waals surface area contributed by atoms with Crippen molar-refractivity contribution < 1.29 is 4.74 Å². The molecule has 2 atom stereocenters. The Kier molecular flexibility index (Phi) is 4.08. The summed E-state index contributed by atoms with van der Waals surface area (Å²) < 4.78 is 6.23. The van der Waals surface area contributed by atoms with Gasteiger partial charge in [-0.15, -0.1) is 0 Å². The summed E-state index contributed by atoms with van der Waals surface area (Å²) in [6, 6.07) is 6.40. The number of nitrogens with two attached hydrogens (primary N) is 1. The van der Waals surface area contributed by atoms with Gasteiger partial charge >= 0.3 is 0 Å². The van der Waals surface area contributed by atoms with Crippen molar-refractivity contribution in [2.75, 3.05) is 6.54 Å². The number of ether oxygens (including phenoxy) is 1. The number of rotatable bonds is 4. The van der Waals surface area contributed by atoms with Gasteiger partial charge in [-0.25, -0.2) is 0 Å². The topological polar surface area (TPSA) is 35.2 Å². The van der Waals surface area contributed by atoms with E-state index in [1.54, 1.807) is 0 Å². The van der Waals surface area contributed by atoms with Crippen molar-refractivity contribution in [2.24, 2.45) is 11.7 Å². The molecule has 1 saturated carbocycles. The summed E-state index contributed by atoms with van der Waals surface area (Å²) in [5.74, 6) is 0.742. The summed E-state index contributed by atoms with van der Waals surface area (Å²) in [5.41, 5.74) is 9.82. The Hall–Kier alpha value is -0.860. The molecule has 1 fully saturated rings. The van der Waals surface area contributed by atoms with Gasteiger partial charge in [0.25, 0.3) is 0 Å². The third-order valence-electron chi connectivity index (χ3n) is 4.35. The van der Waals surface area contributed by atoms with Crippen molar-refractivity contribution in [1.29, 1.82) is 0 Å². The number of hydrogen-bond donors (Lipinski definition) is 1. The van der Waals surface area contributed by atoms with Gasteiger partial charge in [0.2, 0.25) is 0 Å². The highest BCUT2D eigenvalue weighted by atomic mass is 16.5. The number of hydrogen-bond acceptors (Lipinski definition) is 2. The predicted octanol–water partition coefficient (Wildman–Crippen LogP) is 3.34. The molecule has 1 aromatic carbocycles. The molecule has 2 nitrogen and oxygen atoms in total. The summed E-state index contributed by atoms with van der Waals surface area (Å²) in [6.45, 7) is 7.93. The molecule has 100 valence electrons. The van der Waals surface area contributed by atoms with Crippen molar-refractivity contribution in [2.45, 2.75) is 52.2 Å². The predicted molar refractivity (Wildman–Crippen MR) is 75.5 cm³/mol. The fourth-order valence-corrected chi connectivity index (χ4v) is 3.03. The Morgan fingerprint density at radius 1 is 1.33 bits per heavy atom. The van der Waals surface area contributed by atoms with E-state index in [0.29, 0.717) is 13.2 Å². The highest BCUT2D eigenvalue weighted by Crippen LogP contribution is 2.37. The highest BCUT2D eigenvalue weighted by Gasteiger charge is 2.37. The van der Waals surface area contributed by atoms with E-state index in [2.05, 4.69) is 39.0 Å². The number of aryl methyl sites for hydroxylation is 2. The van der Waals surface area contributed by atoms with Crippen LogP contribution in [-0.4, -0.2) is 12.1 Å². The van der Waals surface area contributed by atoms with Crippen LogP contribution in [0.1, 0.15) is 42.9 Å². The molecule has 18 heavy (non-hydrogen) atoms. The molecule has 1 aromatic rings. The summed E-state index contributed by atoms with van der Waals surface area (Å²) in [7, 11) is 0. The first-order valence-corrected chi connectivity index (χ1v) is 6.95. The maximum Gasteiger partial charge on any atom is 0.0811 e. The Labute approximate surface area is 111 Å². The molecule has 0 saturated heterocycles. The molecule has 0 radical (unpaired) electrons. The Bertz CT molecular complexity index is 395. The van der Waals surface area contributed by atoms with Crippen LogP contribution in [-0.2, 0) is 11.3 Å². The normalized spacial score (nSPS) is 27.7. The van der Waals surface area contributed by atoms with Crippen LogP contribution in [0.25, 0.3) is 0 Å². The van der Waals surface area contributed by atoms with Gasteiger partial charge in [-0.1, -0.05) is 25.1 Å². The first-order chi connectivity index (χ1) is 8.56. The first kappa shape index (κ1) is 13.6. The highest BCUT2D eigenvalue weighted by molar-refractivity contribution is 5.32. The molecule has 2 heteroatoms. The van der Waals surface area contributed by atoms with Crippen LogP contribution in [0, 0.1) is 19.8 Å².